The minimum Gasteiger partial charge on any atom is -0.493 e. The van der Waals surface area contributed by atoms with E-state index in [1.54, 1.807) is 18.2 Å². The van der Waals surface area contributed by atoms with Crippen molar-refractivity contribution in [3.8, 4) is 5.75 Å². The standard InChI is InChI=1S/C17H24N4O4S/c1-11(2)17(22)21-9-4-5-12(21)8-10-25-14-7-3-6-13-15(14)16(18)20-26(23,24)19-13/h3,6-7,11-12,19H,4-5,8-10H2,1-2H3,(H2,18,20)/t12-/m1/s1. The number of hydrogen-bond donors (Lipinski definition) is 2. The Labute approximate surface area is 153 Å². The normalized spacial score (nSPS) is 21.1. The molecule has 26 heavy (non-hydrogen) atoms. The third-order valence-electron chi connectivity index (χ3n) is 4.60. The highest BCUT2D eigenvalue weighted by atomic mass is 32.2. The fourth-order valence-corrected chi connectivity index (χ4v) is 4.24. The van der Waals surface area contributed by atoms with E-state index in [0.717, 1.165) is 19.4 Å². The second kappa shape index (κ2) is 7.14. The summed E-state index contributed by atoms with van der Waals surface area (Å²) in [7, 11) is -3.81. The molecule has 1 aromatic carbocycles. The Hall–Kier alpha value is -2.29. The molecule has 2 aliphatic rings. The lowest BCUT2D eigenvalue weighted by Crippen LogP contribution is -2.38. The number of likely N-dealkylation sites (tertiary alicyclic amines) is 1. The van der Waals surface area contributed by atoms with Crippen LogP contribution in [0.2, 0.25) is 0 Å². The zero-order valence-corrected chi connectivity index (χ0v) is 15.8. The quantitative estimate of drug-likeness (QED) is 0.803. The lowest BCUT2D eigenvalue weighted by atomic mass is 10.1. The molecule has 2 heterocycles. The van der Waals surface area contributed by atoms with E-state index in [0.29, 0.717) is 30.0 Å². The summed E-state index contributed by atoms with van der Waals surface area (Å²) in [6.07, 6.45) is 2.69. The topological polar surface area (TPSA) is 114 Å². The van der Waals surface area contributed by atoms with Crippen LogP contribution in [0.25, 0.3) is 0 Å². The summed E-state index contributed by atoms with van der Waals surface area (Å²) in [4.78, 5) is 14.2. The molecule has 2 aliphatic heterocycles. The zero-order chi connectivity index (χ0) is 18.9. The molecule has 8 nitrogen and oxygen atoms in total. The number of nitrogens with two attached hydrogens (primary N) is 1. The molecule has 1 fully saturated rings. The van der Waals surface area contributed by atoms with Gasteiger partial charge in [-0.05, 0) is 25.0 Å². The second-order valence-corrected chi connectivity index (χ2v) is 8.19. The Morgan fingerprint density at radius 3 is 2.96 bits per heavy atom. The van der Waals surface area contributed by atoms with Crippen molar-refractivity contribution in [3.05, 3.63) is 23.8 Å². The molecule has 3 rings (SSSR count). The highest BCUT2D eigenvalue weighted by Crippen LogP contribution is 2.31. The Morgan fingerprint density at radius 1 is 1.46 bits per heavy atom. The number of anilines is 1. The van der Waals surface area contributed by atoms with E-state index in [9.17, 15) is 13.2 Å². The summed E-state index contributed by atoms with van der Waals surface area (Å²) < 4.78 is 34.9. The summed E-state index contributed by atoms with van der Waals surface area (Å²) in [5, 5.41) is 0. The van der Waals surface area contributed by atoms with Crippen molar-refractivity contribution in [3.63, 3.8) is 0 Å². The molecular formula is C17H24N4O4S. The molecule has 0 saturated carbocycles. The van der Waals surface area contributed by atoms with Crippen LogP contribution >= 0.6 is 0 Å². The monoisotopic (exact) mass is 380 g/mol. The molecule has 1 amide bonds. The summed E-state index contributed by atoms with van der Waals surface area (Å²) in [5.41, 5.74) is 6.61. The van der Waals surface area contributed by atoms with Crippen LogP contribution in [0.15, 0.2) is 22.6 Å². The largest absolute Gasteiger partial charge is 0.493 e. The van der Waals surface area contributed by atoms with E-state index in [1.807, 2.05) is 18.7 Å². The molecule has 0 unspecified atom stereocenters. The van der Waals surface area contributed by atoms with Crippen molar-refractivity contribution < 1.29 is 17.9 Å². The maximum absolute atomic E-state index is 12.3. The number of amides is 1. The van der Waals surface area contributed by atoms with Gasteiger partial charge in [0.25, 0.3) is 0 Å². The summed E-state index contributed by atoms with van der Waals surface area (Å²) >= 11 is 0. The van der Waals surface area contributed by atoms with Gasteiger partial charge in [-0.1, -0.05) is 19.9 Å². The first-order valence-electron chi connectivity index (χ1n) is 8.73. The van der Waals surface area contributed by atoms with E-state index in [4.69, 9.17) is 10.5 Å². The van der Waals surface area contributed by atoms with Crippen LogP contribution < -0.4 is 15.2 Å². The van der Waals surface area contributed by atoms with E-state index >= 15 is 0 Å². The molecule has 1 aromatic rings. The minimum atomic E-state index is -3.81. The van der Waals surface area contributed by atoms with Gasteiger partial charge < -0.3 is 15.4 Å². The lowest BCUT2D eigenvalue weighted by molar-refractivity contribution is -0.135. The van der Waals surface area contributed by atoms with E-state index in [2.05, 4.69) is 9.12 Å². The van der Waals surface area contributed by atoms with Gasteiger partial charge in [-0.25, -0.2) is 0 Å². The summed E-state index contributed by atoms with van der Waals surface area (Å²) in [6.45, 7) is 5.02. The van der Waals surface area contributed by atoms with Gasteiger partial charge in [-0.3, -0.25) is 9.52 Å². The van der Waals surface area contributed by atoms with Crippen molar-refractivity contribution in [2.24, 2.45) is 16.0 Å². The van der Waals surface area contributed by atoms with Gasteiger partial charge in [0.05, 0.1) is 17.9 Å². The summed E-state index contributed by atoms with van der Waals surface area (Å²) in [5.74, 6) is 0.551. The Morgan fingerprint density at radius 2 is 2.23 bits per heavy atom. The molecule has 0 spiro atoms. The zero-order valence-electron chi connectivity index (χ0n) is 14.9. The predicted molar refractivity (Wildman–Crippen MR) is 99.4 cm³/mol. The molecular weight excluding hydrogens is 356 g/mol. The van der Waals surface area contributed by atoms with Crippen LogP contribution in [0.5, 0.6) is 5.75 Å². The average molecular weight is 380 g/mol. The van der Waals surface area contributed by atoms with Gasteiger partial charge >= 0.3 is 10.2 Å². The Kier molecular flexibility index (Phi) is 5.08. The number of carbonyl (C=O) groups is 1. The van der Waals surface area contributed by atoms with Gasteiger partial charge in [0.2, 0.25) is 5.91 Å². The predicted octanol–water partition coefficient (Wildman–Crippen LogP) is 1.48. The van der Waals surface area contributed by atoms with Crippen LogP contribution in [0.3, 0.4) is 0 Å². The number of hydrogen-bond acceptors (Lipinski definition) is 5. The lowest BCUT2D eigenvalue weighted by Gasteiger charge is -2.26. The SMILES string of the molecule is CC(C)C(=O)N1CCC[C@@H]1CCOc1cccc2c1C(N)=NS(=O)(=O)N2. The highest BCUT2D eigenvalue weighted by Gasteiger charge is 2.30. The van der Waals surface area contributed by atoms with Gasteiger partial charge in [-0.15, -0.1) is 4.40 Å². The number of nitrogens with one attached hydrogen (secondary N) is 1. The third-order valence-corrected chi connectivity index (χ3v) is 5.52. The molecule has 9 heteroatoms. The minimum absolute atomic E-state index is 0.0123. The smallest absolute Gasteiger partial charge is 0.344 e. The molecule has 0 radical (unpaired) electrons. The van der Waals surface area contributed by atoms with Gasteiger partial charge in [0.1, 0.15) is 5.75 Å². The van der Waals surface area contributed by atoms with Gasteiger partial charge in [-0.2, -0.15) is 8.42 Å². The maximum atomic E-state index is 12.3. The van der Waals surface area contributed by atoms with Crippen LogP contribution in [-0.4, -0.2) is 44.3 Å². The van der Waals surface area contributed by atoms with Crippen molar-refractivity contribution in [1.82, 2.24) is 4.90 Å². The number of rotatable bonds is 5. The fourth-order valence-electron chi connectivity index (χ4n) is 3.40. The number of amidine groups is 1. The first kappa shape index (κ1) is 18.5. The number of ether oxygens (including phenoxy) is 1. The van der Waals surface area contributed by atoms with Crippen molar-refractivity contribution in [1.29, 1.82) is 0 Å². The van der Waals surface area contributed by atoms with E-state index in [1.165, 1.54) is 0 Å². The van der Waals surface area contributed by atoms with E-state index < -0.39 is 10.2 Å². The van der Waals surface area contributed by atoms with Gasteiger partial charge in [0, 0.05) is 24.9 Å². The molecule has 0 aliphatic carbocycles. The van der Waals surface area contributed by atoms with Crippen molar-refractivity contribution in [2.75, 3.05) is 17.9 Å². The molecule has 142 valence electrons. The highest BCUT2D eigenvalue weighted by molar-refractivity contribution is 7.91. The van der Waals surface area contributed by atoms with Crippen LogP contribution in [0.4, 0.5) is 5.69 Å². The third kappa shape index (κ3) is 3.77. The Bertz CT molecular complexity index is 835. The Balaban J connectivity index is 1.68. The van der Waals surface area contributed by atoms with Crippen molar-refractivity contribution >= 4 is 27.6 Å². The fraction of sp³-hybridized carbons (Fsp3) is 0.529. The molecule has 3 N–H and O–H groups in total. The van der Waals surface area contributed by atoms with Gasteiger partial charge in [0.15, 0.2) is 5.84 Å². The van der Waals surface area contributed by atoms with Crippen LogP contribution in [0.1, 0.15) is 38.7 Å². The van der Waals surface area contributed by atoms with Crippen LogP contribution in [-0.2, 0) is 15.0 Å². The number of fused-ring (bicyclic) bond motifs is 1. The van der Waals surface area contributed by atoms with Crippen LogP contribution in [0, 0.1) is 5.92 Å². The maximum Gasteiger partial charge on any atom is 0.344 e. The second-order valence-electron chi connectivity index (χ2n) is 6.85. The summed E-state index contributed by atoms with van der Waals surface area (Å²) in [6, 6.07) is 5.21. The van der Waals surface area contributed by atoms with E-state index in [-0.39, 0.29) is 23.7 Å². The molecule has 0 aromatic heterocycles. The number of nitrogens with zero attached hydrogens (tertiary/aromatic N) is 2. The van der Waals surface area contributed by atoms with Crippen molar-refractivity contribution in [2.45, 2.75) is 39.2 Å². The molecule has 1 saturated heterocycles. The first-order valence-corrected chi connectivity index (χ1v) is 10.2. The molecule has 0 bridgehead atoms. The number of carbonyl (C=O) groups excluding carboxylic acids is 1. The average Bonchev–Trinajstić information content (AvgIpc) is 3.01. The number of benzene rings is 1. The first-order chi connectivity index (χ1) is 12.3. The molecule has 1 atom stereocenters.